The van der Waals surface area contributed by atoms with E-state index in [0.29, 0.717) is 25.3 Å². The molecule has 2 rings (SSSR count). The fourth-order valence-electron chi connectivity index (χ4n) is 2.13. The van der Waals surface area contributed by atoms with Crippen molar-refractivity contribution in [1.29, 1.82) is 0 Å². The van der Waals surface area contributed by atoms with Crippen molar-refractivity contribution < 1.29 is 13.9 Å². The van der Waals surface area contributed by atoms with Crippen molar-refractivity contribution in [2.24, 2.45) is 11.7 Å². The molecule has 2 unspecified atom stereocenters. The number of hydrogen-bond donors (Lipinski definition) is 1. The normalized spacial score (nSPS) is 20.9. The lowest BCUT2D eigenvalue weighted by molar-refractivity contribution is -0.133. The van der Waals surface area contributed by atoms with Crippen LogP contribution in [0.25, 0.3) is 0 Å². The molecule has 0 spiro atoms. The van der Waals surface area contributed by atoms with Gasteiger partial charge < -0.3 is 15.4 Å². The smallest absolute Gasteiger partial charge is 0.229 e. The minimum Gasteiger partial charge on any atom is -0.492 e. The van der Waals surface area contributed by atoms with Gasteiger partial charge in [0, 0.05) is 13.1 Å². The maximum absolute atomic E-state index is 12.7. The van der Waals surface area contributed by atoms with Crippen LogP contribution in [0.3, 0.4) is 0 Å². The molecule has 0 bridgehead atoms. The van der Waals surface area contributed by atoms with E-state index in [4.69, 9.17) is 10.5 Å². The number of carbonyl (C=O) groups is 1. The van der Waals surface area contributed by atoms with Gasteiger partial charge in [-0.2, -0.15) is 0 Å². The number of rotatable bonds is 5. The molecule has 5 heteroatoms. The summed E-state index contributed by atoms with van der Waals surface area (Å²) in [5.74, 6) is 0.224. The number of halogens is 1. The number of ether oxygens (including phenoxy) is 1. The molecule has 0 heterocycles. The third-order valence-corrected chi connectivity index (χ3v) is 3.32. The summed E-state index contributed by atoms with van der Waals surface area (Å²) < 4.78 is 18.2. The molecule has 0 saturated carbocycles. The highest BCUT2D eigenvalue weighted by Gasteiger charge is 2.25. The highest BCUT2D eigenvalue weighted by molar-refractivity contribution is 5.81. The molecule has 0 radical (unpaired) electrons. The molecular weight excluding hydrogens is 259 g/mol. The summed E-state index contributed by atoms with van der Waals surface area (Å²) in [5.41, 5.74) is 5.74. The maximum atomic E-state index is 12.7. The molecule has 4 nitrogen and oxygen atoms in total. The van der Waals surface area contributed by atoms with Crippen molar-refractivity contribution in [1.82, 2.24) is 4.90 Å². The second kappa shape index (κ2) is 6.52. The molecule has 1 aliphatic carbocycles. The predicted octanol–water partition coefficient (Wildman–Crippen LogP) is 1.57. The van der Waals surface area contributed by atoms with Gasteiger partial charge >= 0.3 is 0 Å². The SMILES string of the molecule is CN(CCOc1ccc(F)cc1)C(=O)C1C=CC(N)C1. The fourth-order valence-corrected chi connectivity index (χ4v) is 2.13. The third-order valence-electron chi connectivity index (χ3n) is 3.32. The van der Waals surface area contributed by atoms with E-state index in [1.165, 1.54) is 12.1 Å². The topological polar surface area (TPSA) is 55.6 Å². The van der Waals surface area contributed by atoms with Crippen molar-refractivity contribution in [3.8, 4) is 5.75 Å². The lowest BCUT2D eigenvalue weighted by Gasteiger charge is -2.20. The van der Waals surface area contributed by atoms with E-state index in [2.05, 4.69) is 0 Å². The highest BCUT2D eigenvalue weighted by atomic mass is 19.1. The fraction of sp³-hybridized carbons (Fsp3) is 0.400. The van der Waals surface area contributed by atoms with Gasteiger partial charge in [-0.1, -0.05) is 12.2 Å². The molecular formula is C15H19FN2O2. The van der Waals surface area contributed by atoms with Gasteiger partial charge in [0.05, 0.1) is 12.5 Å². The summed E-state index contributed by atoms with van der Waals surface area (Å²) in [7, 11) is 1.74. The monoisotopic (exact) mass is 278 g/mol. The second-order valence-corrected chi connectivity index (χ2v) is 4.95. The van der Waals surface area contributed by atoms with Crippen LogP contribution in [-0.4, -0.2) is 37.0 Å². The average Bonchev–Trinajstić information content (AvgIpc) is 2.86. The largest absolute Gasteiger partial charge is 0.492 e. The molecule has 2 atom stereocenters. The van der Waals surface area contributed by atoms with Gasteiger partial charge in [0.15, 0.2) is 0 Å². The summed E-state index contributed by atoms with van der Waals surface area (Å²) in [6.07, 6.45) is 4.40. The van der Waals surface area contributed by atoms with Gasteiger partial charge in [0.25, 0.3) is 0 Å². The Morgan fingerprint density at radius 3 is 2.70 bits per heavy atom. The first-order valence-electron chi connectivity index (χ1n) is 6.63. The van der Waals surface area contributed by atoms with Gasteiger partial charge in [-0.3, -0.25) is 4.79 Å². The number of nitrogens with two attached hydrogens (primary N) is 1. The zero-order chi connectivity index (χ0) is 14.5. The van der Waals surface area contributed by atoms with Crippen LogP contribution in [0.5, 0.6) is 5.75 Å². The number of hydrogen-bond acceptors (Lipinski definition) is 3. The van der Waals surface area contributed by atoms with E-state index in [1.54, 1.807) is 24.1 Å². The van der Waals surface area contributed by atoms with Crippen molar-refractivity contribution in [2.45, 2.75) is 12.5 Å². The predicted molar refractivity (Wildman–Crippen MR) is 74.8 cm³/mol. The van der Waals surface area contributed by atoms with Crippen molar-refractivity contribution in [3.05, 3.63) is 42.2 Å². The van der Waals surface area contributed by atoms with Crippen LogP contribution in [0.15, 0.2) is 36.4 Å². The molecule has 0 aliphatic heterocycles. The third kappa shape index (κ3) is 3.81. The van der Waals surface area contributed by atoms with Gasteiger partial charge in [-0.05, 0) is 30.7 Å². The molecule has 1 aliphatic rings. The Morgan fingerprint density at radius 2 is 2.10 bits per heavy atom. The highest BCUT2D eigenvalue weighted by Crippen LogP contribution is 2.18. The Morgan fingerprint density at radius 1 is 1.40 bits per heavy atom. The quantitative estimate of drug-likeness (QED) is 0.832. The van der Waals surface area contributed by atoms with Crippen LogP contribution in [0.1, 0.15) is 6.42 Å². The van der Waals surface area contributed by atoms with Crippen molar-refractivity contribution in [2.75, 3.05) is 20.2 Å². The molecule has 2 N–H and O–H groups in total. The average molecular weight is 278 g/mol. The van der Waals surface area contributed by atoms with Crippen LogP contribution < -0.4 is 10.5 Å². The number of likely N-dealkylation sites (N-methyl/N-ethyl adjacent to an activating group) is 1. The van der Waals surface area contributed by atoms with E-state index >= 15 is 0 Å². The summed E-state index contributed by atoms with van der Waals surface area (Å²) in [6, 6.07) is 5.79. The Labute approximate surface area is 118 Å². The second-order valence-electron chi connectivity index (χ2n) is 4.95. The molecule has 108 valence electrons. The molecule has 0 aromatic heterocycles. The molecule has 0 saturated heterocycles. The number of nitrogens with zero attached hydrogens (tertiary/aromatic N) is 1. The van der Waals surface area contributed by atoms with Crippen LogP contribution >= 0.6 is 0 Å². The summed E-state index contributed by atoms with van der Waals surface area (Å²) >= 11 is 0. The standard InChI is InChI=1S/C15H19FN2O2/c1-18(15(19)11-2-5-13(17)10-11)8-9-20-14-6-3-12(16)4-7-14/h2-7,11,13H,8-10,17H2,1H3. The number of amides is 1. The summed E-state index contributed by atoms with van der Waals surface area (Å²) in [5, 5.41) is 0. The lowest BCUT2D eigenvalue weighted by atomic mass is 10.1. The number of carbonyl (C=O) groups excluding carboxylic acids is 1. The molecule has 20 heavy (non-hydrogen) atoms. The van der Waals surface area contributed by atoms with E-state index in [1.807, 2.05) is 12.2 Å². The first kappa shape index (κ1) is 14.5. The van der Waals surface area contributed by atoms with Gasteiger partial charge in [0.2, 0.25) is 5.91 Å². The first-order valence-corrected chi connectivity index (χ1v) is 6.63. The van der Waals surface area contributed by atoms with Crippen LogP contribution in [0, 0.1) is 11.7 Å². The van der Waals surface area contributed by atoms with E-state index in [0.717, 1.165) is 0 Å². The minimum absolute atomic E-state index is 0.0205. The van der Waals surface area contributed by atoms with Gasteiger partial charge in [0.1, 0.15) is 18.2 Å². The first-order chi connectivity index (χ1) is 9.56. The van der Waals surface area contributed by atoms with E-state index < -0.39 is 0 Å². The maximum Gasteiger partial charge on any atom is 0.229 e. The zero-order valence-corrected chi connectivity index (χ0v) is 11.5. The summed E-state index contributed by atoms with van der Waals surface area (Å²) in [6.45, 7) is 0.853. The zero-order valence-electron chi connectivity index (χ0n) is 11.5. The van der Waals surface area contributed by atoms with Crippen LogP contribution in [0.2, 0.25) is 0 Å². The van der Waals surface area contributed by atoms with Crippen molar-refractivity contribution >= 4 is 5.91 Å². The molecule has 1 aromatic rings. The minimum atomic E-state index is -0.297. The van der Waals surface area contributed by atoms with Crippen LogP contribution in [0.4, 0.5) is 4.39 Å². The van der Waals surface area contributed by atoms with Gasteiger partial charge in [-0.15, -0.1) is 0 Å². The summed E-state index contributed by atoms with van der Waals surface area (Å²) in [4.78, 5) is 13.7. The van der Waals surface area contributed by atoms with Gasteiger partial charge in [-0.25, -0.2) is 4.39 Å². The Bertz CT molecular complexity index is 487. The molecule has 1 aromatic carbocycles. The Kier molecular flexibility index (Phi) is 4.74. The van der Waals surface area contributed by atoms with Crippen LogP contribution in [-0.2, 0) is 4.79 Å². The number of benzene rings is 1. The molecule has 1 amide bonds. The Hall–Kier alpha value is -1.88. The Balaban J connectivity index is 1.74. The molecule has 0 fully saturated rings. The van der Waals surface area contributed by atoms with E-state index in [-0.39, 0.29) is 23.7 Å². The van der Waals surface area contributed by atoms with E-state index in [9.17, 15) is 9.18 Å². The van der Waals surface area contributed by atoms with Crippen molar-refractivity contribution in [3.63, 3.8) is 0 Å². The lowest BCUT2D eigenvalue weighted by Crippen LogP contribution is -2.35.